The van der Waals surface area contributed by atoms with Crippen molar-refractivity contribution in [2.24, 2.45) is 11.8 Å². The molecule has 0 aliphatic heterocycles. The molecule has 23 heavy (non-hydrogen) atoms. The summed E-state index contributed by atoms with van der Waals surface area (Å²) in [5.41, 5.74) is 0. The van der Waals surface area contributed by atoms with Crippen molar-refractivity contribution in [1.29, 1.82) is 0 Å². The fourth-order valence-electron chi connectivity index (χ4n) is 2.92. The minimum absolute atomic E-state index is 0.0502. The van der Waals surface area contributed by atoms with Gasteiger partial charge in [0.2, 0.25) is 0 Å². The van der Waals surface area contributed by atoms with E-state index in [-0.39, 0.29) is 12.5 Å². The summed E-state index contributed by atoms with van der Waals surface area (Å²) in [4.78, 5) is 0. The van der Waals surface area contributed by atoms with E-state index in [0.717, 1.165) is 13.1 Å². The molecule has 6 N–H and O–H groups in total. The van der Waals surface area contributed by atoms with Gasteiger partial charge < -0.3 is 26.0 Å². The van der Waals surface area contributed by atoms with Gasteiger partial charge in [-0.25, -0.2) is 0 Å². The molecule has 6 atom stereocenters. The van der Waals surface area contributed by atoms with Gasteiger partial charge >= 0.3 is 0 Å². The molecule has 7 nitrogen and oxygen atoms in total. The lowest BCUT2D eigenvalue weighted by Gasteiger charge is -2.38. The molecule has 0 saturated carbocycles. The highest BCUT2D eigenvalue weighted by molar-refractivity contribution is 4.83. The smallest absolute Gasteiger partial charge is 0.115 e. The number of hydrogen-bond donors (Lipinski definition) is 6. The van der Waals surface area contributed by atoms with E-state index in [0.29, 0.717) is 23.9 Å². The van der Waals surface area contributed by atoms with Crippen molar-refractivity contribution in [3.8, 4) is 0 Å². The van der Waals surface area contributed by atoms with E-state index in [1.807, 2.05) is 42.3 Å². The Morgan fingerprint density at radius 3 is 1.17 bits per heavy atom. The van der Waals surface area contributed by atoms with Crippen LogP contribution in [0.15, 0.2) is 0 Å². The zero-order valence-electron chi connectivity index (χ0n) is 16.3. The fraction of sp³-hybridized carbons (Fsp3) is 1.00. The van der Waals surface area contributed by atoms with Gasteiger partial charge in [0.05, 0.1) is 0 Å². The van der Waals surface area contributed by atoms with Gasteiger partial charge in [-0.05, 0) is 56.1 Å². The molecule has 0 radical (unpaired) electrons. The minimum Gasteiger partial charge on any atom is -0.345 e. The minimum atomic E-state index is -0.0502. The summed E-state index contributed by atoms with van der Waals surface area (Å²) >= 11 is 0. The molecule has 140 valence electrons. The van der Waals surface area contributed by atoms with Crippen LogP contribution in [0.25, 0.3) is 0 Å². The summed E-state index contributed by atoms with van der Waals surface area (Å²) in [6, 6.07) is 0.670. The summed E-state index contributed by atoms with van der Waals surface area (Å²) in [5.74, 6) is 0.622. The molecule has 0 aromatic heterocycles. The Hall–Kier alpha value is -0.280. The zero-order chi connectivity index (χ0) is 17.8. The largest absolute Gasteiger partial charge is 0.345 e. The average molecular weight is 333 g/mol. The first-order chi connectivity index (χ1) is 11.0. The summed E-state index contributed by atoms with van der Waals surface area (Å²) in [6.07, 6.45) is -0.100. The third kappa shape index (κ3) is 7.43. The van der Waals surface area contributed by atoms with Crippen LogP contribution in [0.2, 0.25) is 0 Å². The molecule has 0 fully saturated rings. The zero-order valence-corrected chi connectivity index (χ0v) is 16.3. The third-order valence-electron chi connectivity index (χ3n) is 4.71. The summed E-state index contributed by atoms with van der Waals surface area (Å²) in [5, 5.41) is 19.9. The number of ether oxygens (including phenoxy) is 1. The Morgan fingerprint density at radius 1 is 0.609 bits per heavy atom. The molecule has 0 amide bonds. The number of nitrogens with one attached hydrogen (secondary N) is 6. The van der Waals surface area contributed by atoms with E-state index in [1.165, 1.54) is 0 Å². The Morgan fingerprint density at radius 2 is 0.957 bits per heavy atom. The predicted octanol–water partition coefficient (Wildman–Crippen LogP) is -1.02. The molecule has 0 rings (SSSR count). The van der Waals surface area contributed by atoms with Gasteiger partial charge in [0.25, 0.3) is 0 Å². The first-order valence-electron chi connectivity index (χ1n) is 8.64. The van der Waals surface area contributed by atoms with E-state index < -0.39 is 0 Å². The molecule has 0 bridgehead atoms. The monoisotopic (exact) mass is 332 g/mol. The van der Waals surface area contributed by atoms with Gasteiger partial charge in [-0.15, -0.1) is 0 Å². The normalized spacial score (nSPS) is 19.8. The molecular formula is C16H40N6O. The highest BCUT2D eigenvalue weighted by Crippen LogP contribution is 2.17. The Balaban J connectivity index is 5.12. The third-order valence-corrected chi connectivity index (χ3v) is 4.71. The predicted molar refractivity (Wildman–Crippen MR) is 98.7 cm³/mol. The van der Waals surface area contributed by atoms with Crippen LogP contribution in [0.5, 0.6) is 0 Å². The highest BCUT2D eigenvalue weighted by Gasteiger charge is 2.32. The fourth-order valence-corrected chi connectivity index (χ4v) is 2.92. The van der Waals surface area contributed by atoms with Crippen LogP contribution in [0.4, 0.5) is 0 Å². The summed E-state index contributed by atoms with van der Waals surface area (Å²) < 4.78 is 6.44. The Labute approximate surface area is 143 Å². The molecule has 0 saturated heterocycles. The van der Waals surface area contributed by atoms with Crippen LogP contribution >= 0.6 is 0 Å². The van der Waals surface area contributed by atoms with E-state index in [1.54, 1.807) is 0 Å². The highest BCUT2D eigenvalue weighted by atomic mass is 16.5. The first kappa shape index (κ1) is 22.7. The van der Waals surface area contributed by atoms with Crippen LogP contribution < -0.4 is 31.9 Å². The van der Waals surface area contributed by atoms with E-state index in [2.05, 4.69) is 45.7 Å². The van der Waals surface area contributed by atoms with Crippen LogP contribution in [-0.2, 0) is 4.74 Å². The molecular weight excluding hydrogens is 292 g/mol. The van der Waals surface area contributed by atoms with Gasteiger partial charge in [-0.2, -0.15) is 0 Å². The molecule has 0 spiro atoms. The second-order valence-electron chi connectivity index (χ2n) is 6.15. The van der Waals surface area contributed by atoms with Crippen molar-refractivity contribution in [2.45, 2.75) is 38.4 Å². The van der Waals surface area contributed by atoms with Crippen LogP contribution in [0.3, 0.4) is 0 Å². The quantitative estimate of drug-likeness (QED) is 0.227. The lowest BCUT2D eigenvalue weighted by molar-refractivity contribution is -0.101. The lowest BCUT2D eigenvalue weighted by atomic mass is 9.97. The maximum atomic E-state index is 6.44. The maximum absolute atomic E-state index is 6.44. The molecule has 0 aromatic rings. The van der Waals surface area contributed by atoms with Crippen molar-refractivity contribution < 1.29 is 4.74 Å². The van der Waals surface area contributed by atoms with Crippen LogP contribution in [0.1, 0.15) is 13.8 Å². The van der Waals surface area contributed by atoms with Gasteiger partial charge in [0.1, 0.15) is 12.5 Å². The Bertz CT molecular complexity index is 255. The average Bonchev–Trinajstić information content (AvgIpc) is 2.58. The van der Waals surface area contributed by atoms with Gasteiger partial charge in [-0.1, -0.05) is 0 Å². The molecule has 0 aliphatic carbocycles. The van der Waals surface area contributed by atoms with Crippen molar-refractivity contribution in [2.75, 3.05) is 55.4 Å². The summed E-state index contributed by atoms with van der Waals surface area (Å²) in [7, 11) is 11.8. The topological polar surface area (TPSA) is 81.4 Å². The second kappa shape index (κ2) is 13.1. The first-order valence-corrected chi connectivity index (χ1v) is 8.64. The van der Waals surface area contributed by atoms with Crippen molar-refractivity contribution in [3.63, 3.8) is 0 Å². The SMILES string of the molecule is CNCC(C(C)NC)C(NC)OC(NC)C(CNC)C(C)NC. The molecule has 0 aliphatic rings. The molecule has 0 aromatic carbocycles. The molecule has 6 unspecified atom stereocenters. The molecule has 0 heterocycles. The van der Waals surface area contributed by atoms with E-state index >= 15 is 0 Å². The van der Waals surface area contributed by atoms with Crippen molar-refractivity contribution >= 4 is 0 Å². The number of hydrogen-bond acceptors (Lipinski definition) is 7. The van der Waals surface area contributed by atoms with Gasteiger partial charge in [0.15, 0.2) is 0 Å². The van der Waals surface area contributed by atoms with Crippen molar-refractivity contribution in [1.82, 2.24) is 31.9 Å². The molecule has 7 heteroatoms. The lowest BCUT2D eigenvalue weighted by Crippen LogP contribution is -2.56. The van der Waals surface area contributed by atoms with Crippen LogP contribution in [0, 0.1) is 11.8 Å². The van der Waals surface area contributed by atoms with Gasteiger partial charge in [-0.3, -0.25) is 10.6 Å². The van der Waals surface area contributed by atoms with E-state index in [9.17, 15) is 0 Å². The van der Waals surface area contributed by atoms with Crippen LogP contribution in [-0.4, -0.2) is 79.9 Å². The number of rotatable bonds is 14. The standard InChI is InChI=1S/C16H40N6O/c1-11(19-5)13(9-17-3)15(21-7)23-16(22-8)14(10-18-4)12(2)20-6/h11-22H,9-10H2,1-8H3. The van der Waals surface area contributed by atoms with E-state index in [4.69, 9.17) is 4.74 Å². The van der Waals surface area contributed by atoms with Gasteiger partial charge in [0, 0.05) is 37.0 Å². The maximum Gasteiger partial charge on any atom is 0.115 e. The van der Waals surface area contributed by atoms with Crippen molar-refractivity contribution in [3.05, 3.63) is 0 Å². The summed E-state index contributed by atoms with van der Waals surface area (Å²) in [6.45, 7) is 6.13. The second-order valence-corrected chi connectivity index (χ2v) is 6.15. The Kier molecular flexibility index (Phi) is 12.9.